The van der Waals surface area contributed by atoms with Gasteiger partial charge in [-0.05, 0) is 44.3 Å². The average molecular weight is 274 g/mol. The molecule has 2 atom stereocenters. The van der Waals surface area contributed by atoms with Gasteiger partial charge in [-0.25, -0.2) is 0 Å². The molecule has 1 aromatic rings. The summed E-state index contributed by atoms with van der Waals surface area (Å²) < 4.78 is 5.67. The number of nitrogens with zero attached hydrogens (tertiary/aromatic N) is 1. The molecule has 1 N–H and O–H groups in total. The van der Waals surface area contributed by atoms with Crippen LogP contribution in [-0.4, -0.2) is 49.8 Å². The molecular formula is C17H26N2O. The molecule has 1 aromatic carbocycles. The quantitative estimate of drug-likeness (QED) is 0.913. The Bertz CT molecular complexity index is 389. The van der Waals surface area contributed by atoms with Crippen molar-refractivity contribution in [1.82, 2.24) is 10.2 Å². The van der Waals surface area contributed by atoms with Crippen molar-refractivity contribution in [2.24, 2.45) is 0 Å². The molecule has 2 fully saturated rings. The summed E-state index contributed by atoms with van der Waals surface area (Å²) in [6.07, 6.45) is 4.91. The van der Waals surface area contributed by atoms with Crippen LogP contribution in [-0.2, 0) is 11.2 Å². The van der Waals surface area contributed by atoms with Gasteiger partial charge in [-0.2, -0.15) is 0 Å². The van der Waals surface area contributed by atoms with Gasteiger partial charge in [-0.1, -0.05) is 30.3 Å². The molecule has 2 unspecified atom stereocenters. The second kappa shape index (κ2) is 7.21. The number of hydrogen-bond donors (Lipinski definition) is 1. The minimum Gasteiger partial charge on any atom is -0.380 e. The smallest absolute Gasteiger partial charge is 0.0621 e. The minimum atomic E-state index is 0.571. The van der Waals surface area contributed by atoms with Gasteiger partial charge in [0.2, 0.25) is 0 Å². The van der Waals surface area contributed by atoms with Gasteiger partial charge in [0.15, 0.2) is 0 Å². The van der Waals surface area contributed by atoms with Crippen LogP contribution in [0.15, 0.2) is 30.3 Å². The lowest BCUT2D eigenvalue weighted by molar-refractivity contribution is 0.0173. The highest BCUT2D eigenvalue weighted by Crippen LogP contribution is 2.17. The third-order valence-corrected chi connectivity index (χ3v) is 4.49. The normalized spacial score (nSPS) is 29.0. The maximum Gasteiger partial charge on any atom is 0.0621 e. The van der Waals surface area contributed by atoms with Crippen molar-refractivity contribution in [2.45, 2.75) is 37.8 Å². The molecule has 2 saturated heterocycles. The van der Waals surface area contributed by atoms with Gasteiger partial charge in [0.05, 0.1) is 6.61 Å². The van der Waals surface area contributed by atoms with Crippen LogP contribution in [0.2, 0.25) is 0 Å². The van der Waals surface area contributed by atoms with Crippen molar-refractivity contribution in [1.29, 1.82) is 0 Å². The summed E-state index contributed by atoms with van der Waals surface area (Å²) in [5.41, 5.74) is 1.44. The Balaban J connectivity index is 1.59. The van der Waals surface area contributed by atoms with Crippen LogP contribution in [0.5, 0.6) is 0 Å². The maximum atomic E-state index is 5.67. The van der Waals surface area contributed by atoms with E-state index >= 15 is 0 Å². The van der Waals surface area contributed by atoms with Gasteiger partial charge < -0.3 is 10.1 Å². The van der Waals surface area contributed by atoms with Gasteiger partial charge in [0.1, 0.15) is 0 Å². The second-order valence-corrected chi connectivity index (χ2v) is 6.06. The molecule has 20 heavy (non-hydrogen) atoms. The van der Waals surface area contributed by atoms with Crippen LogP contribution in [0.25, 0.3) is 0 Å². The molecule has 0 saturated carbocycles. The zero-order chi connectivity index (χ0) is 13.6. The van der Waals surface area contributed by atoms with Crippen LogP contribution < -0.4 is 5.32 Å². The summed E-state index contributed by atoms with van der Waals surface area (Å²) in [5.74, 6) is 0. The maximum absolute atomic E-state index is 5.67. The van der Waals surface area contributed by atoms with E-state index in [0.717, 1.165) is 32.7 Å². The molecule has 3 heteroatoms. The van der Waals surface area contributed by atoms with Crippen molar-refractivity contribution in [3.05, 3.63) is 35.9 Å². The second-order valence-electron chi connectivity index (χ2n) is 6.06. The van der Waals surface area contributed by atoms with E-state index in [1.54, 1.807) is 0 Å². The summed E-state index contributed by atoms with van der Waals surface area (Å²) in [5, 5.41) is 3.72. The number of nitrogens with one attached hydrogen (secondary N) is 1. The van der Waals surface area contributed by atoms with E-state index in [1.165, 1.54) is 31.4 Å². The number of benzene rings is 1. The fraction of sp³-hybridized carbons (Fsp3) is 0.647. The van der Waals surface area contributed by atoms with E-state index in [4.69, 9.17) is 4.74 Å². The lowest BCUT2D eigenvalue weighted by Crippen LogP contribution is -2.46. The van der Waals surface area contributed by atoms with Crippen molar-refractivity contribution in [3.63, 3.8) is 0 Å². The van der Waals surface area contributed by atoms with Crippen molar-refractivity contribution < 1.29 is 4.74 Å². The average Bonchev–Trinajstić information content (AvgIpc) is 2.75. The van der Waals surface area contributed by atoms with Crippen LogP contribution in [0, 0.1) is 0 Å². The van der Waals surface area contributed by atoms with E-state index in [9.17, 15) is 0 Å². The molecule has 0 bridgehead atoms. The highest BCUT2D eigenvalue weighted by atomic mass is 16.5. The third kappa shape index (κ3) is 3.81. The van der Waals surface area contributed by atoms with Crippen LogP contribution in [0.1, 0.15) is 24.8 Å². The van der Waals surface area contributed by atoms with E-state index < -0.39 is 0 Å². The Morgan fingerprint density at radius 3 is 2.90 bits per heavy atom. The minimum absolute atomic E-state index is 0.571. The fourth-order valence-corrected chi connectivity index (χ4v) is 3.41. The van der Waals surface area contributed by atoms with Gasteiger partial charge in [-0.15, -0.1) is 0 Å². The van der Waals surface area contributed by atoms with Gasteiger partial charge in [0.25, 0.3) is 0 Å². The molecule has 2 aliphatic heterocycles. The molecule has 0 spiro atoms. The molecule has 2 aliphatic rings. The van der Waals surface area contributed by atoms with Crippen LogP contribution >= 0.6 is 0 Å². The molecule has 3 rings (SSSR count). The summed E-state index contributed by atoms with van der Waals surface area (Å²) >= 11 is 0. The lowest BCUT2D eigenvalue weighted by Gasteiger charge is -2.34. The fourth-order valence-electron chi connectivity index (χ4n) is 3.41. The Morgan fingerprint density at radius 2 is 2.10 bits per heavy atom. The highest BCUT2D eigenvalue weighted by Gasteiger charge is 2.25. The summed E-state index contributed by atoms with van der Waals surface area (Å²) in [6, 6.07) is 12.1. The Morgan fingerprint density at radius 1 is 1.20 bits per heavy atom. The zero-order valence-corrected chi connectivity index (χ0v) is 12.3. The van der Waals surface area contributed by atoms with E-state index in [0.29, 0.717) is 12.1 Å². The predicted octanol–water partition coefficient (Wildman–Crippen LogP) is 2.07. The SMILES string of the molecule is c1ccc(CC2CN(C3CCCOC3)CCCN2)cc1. The molecule has 2 heterocycles. The summed E-state index contributed by atoms with van der Waals surface area (Å²) in [7, 11) is 0. The van der Waals surface area contributed by atoms with E-state index in [1.807, 2.05) is 0 Å². The first-order valence-electron chi connectivity index (χ1n) is 8.01. The Kier molecular flexibility index (Phi) is 5.06. The van der Waals surface area contributed by atoms with Crippen LogP contribution in [0.4, 0.5) is 0 Å². The third-order valence-electron chi connectivity index (χ3n) is 4.49. The zero-order valence-electron chi connectivity index (χ0n) is 12.3. The monoisotopic (exact) mass is 274 g/mol. The van der Waals surface area contributed by atoms with Crippen molar-refractivity contribution >= 4 is 0 Å². The number of ether oxygens (including phenoxy) is 1. The predicted molar refractivity (Wildman–Crippen MR) is 82.0 cm³/mol. The molecule has 0 aliphatic carbocycles. The first kappa shape index (κ1) is 14.1. The standard InChI is InChI=1S/C17H26N2O/c1-2-6-15(7-3-1)12-16-13-19(10-5-9-18-16)17-8-4-11-20-14-17/h1-3,6-7,16-18H,4-5,8-14H2. The molecule has 0 radical (unpaired) electrons. The first-order valence-corrected chi connectivity index (χ1v) is 8.01. The van der Waals surface area contributed by atoms with Gasteiger partial charge in [-0.3, -0.25) is 4.90 Å². The van der Waals surface area contributed by atoms with Gasteiger partial charge >= 0.3 is 0 Å². The Hall–Kier alpha value is -0.900. The van der Waals surface area contributed by atoms with Crippen LogP contribution in [0.3, 0.4) is 0 Å². The van der Waals surface area contributed by atoms with Crippen molar-refractivity contribution in [3.8, 4) is 0 Å². The highest BCUT2D eigenvalue weighted by molar-refractivity contribution is 5.16. The number of rotatable bonds is 3. The van der Waals surface area contributed by atoms with Gasteiger partial charge in [0, 0.05) is 25.2 Å². The summed E-state index contributed by atoms with van der Waals surface area (Å²) in [6.45, 7) is 5.39. The molecule has 3 nitrogen and oxygen atoms in total. The number of hydrogen-bond acceptors (Lipinski definition) is 3. The van der Waals surface area contributed by atoms with E-state index in [-0.39, 0.29) is 0 Å². The molecule has 0 aromatic heterocycles. The molecule has 110 valence electrons. The lowest BCUT2D eigenvalue weighted by atomic mass is 10.0. The van der Waals surface area contributed by atoms with E-state index in [2.05, 4.69) is 40.5 Å². The topological polar surface area (TPSA) is 24.5 Å². The summed E-state index contributed by atoms with van der Waals surface area (Å²) in [4.78, 5) is 2.66. The molecular weight excluding hydrogens is 248 g/mol. The largest absolute Gasteiger partial charge is 0.380 e. The van der Waals surface area contributed by atoms with Crippen molar-refractivity contribution in [2.75, 3.05) is 32.8 Å². The molecule has 0 amide bonds. The first-order chi connectivity index (χ1) is 9.92. The Labute approximate surface area is 122 Å².